The van der Waals surface area contributed by atoms with Crippen molar-refractivity contribution in [2.24, 2.45) is 0 Å². The zero-order valence-electron chi connectivity index (χ0n) is 8.29. The molecule has 0 saturated carbocycles. The number of aromatic hydroxyl groups is 1. The van der Waals surface area contributed by atoms with Gasteiger partial charge in [-0.25, -0.2) is 0 Å². The van der Waals surface area contributed by atoms with E-state index >= 15 is 0 Å². The fourth-order valence-corrected chi connectivity index (χ4v) is 1.09. The van der Waals surface area contributed by atoms with E-state index < -0.39 is 0 Å². The Morgan fingerprint density at radius 3 is 2.43 bits per heavy atom. The topological polar surface area (TPSA) is 37.3 Å². The molecule has 2 aliphatic rings. The van der Waals surface area contributed by atoms with Crippen molar-refractivity contribution in [1.29, 1.82) is 0 Å². The summed E-state index contributed by atoms with van der Waals surface area (Å²) in [6.45, 7) is 5.30. The first kappa shape index (κ1) is 10.5. The van der Waals surface area contributed by atoms with Crippen molar-refractivity contribution in [1.82, 2.24) is 0 Å². The fraction of sp³-hybridized carbons (Fsp3) is 0.250. The number of allylic oxidation sites excluding steroid dienone is 1. The molecule has 0 fully saturated rings. The number of rotatable bonds is 3. The zero-order chi connectivity index (χ0) is 10.6. The molecule has 14 heavy (non-hydrogen) atoms. The second kappa shape index (κ2) is 4.61. The highest BCUT2D eigenvalue weighted by Gasteiger charge is 2.15. The van der Waals surface area contributed by atoms with Crippen LogP contribution in [0.25, 0.3) is 11.1 Å². The number of phenols is 1. The van der Waals surface area contributed by atoms with Gasteiger partial charge in [0.1, 0.15) is 5.75 Å². The lowest BCUT2D eigenvalue weighted by Gasteiger charge is -1.82. The molecule has 0 heterocycles. The number of hydrogen-bond donors (Lipinski definition) is 1. The normalized spacial score (nSPS) is 9.79. The number of hydrogen-bond acceptors (Lipinski definition) is 2. The van der Waals surface area contributed by atoms with Crippen molar-refractivity contribution >= 4 is 5.78 Å². The van der Waals surface area contributed by atoms with E-state index in [1.807, 2.05) is 19.1 Å². The van der Waals surface area contributed by atoms with Crippen molar-refractivity contribution < 1.29 is 9.90 Å². The van der Waals surface area contributed by atoms with Crippen LogP contribution in [0, 0.1) is 0 Å². The third kappa shape index (κ3) is 2.73. The molecule has 0 amide bonds. The molecule has 0 aromatic heterocycles. The van der Waals surface area contributed by atoms with Crippen molar-refractivity contribution in [3.05, 3.63) is 30.9 Å². The quantitative estimate of drug-likeness (QED) is 0.755. The van der Waals surface area contributed by atoms with Gasteiger partial charge in [-0.05, 0) is 30.2 Å². The maximum Gasteiger partial charge on any atom is 0.155 e. The van der Waals surface area contributed by atoms with E-state index in [2.05, 4.69) is 6.58 Å². The number of phenolic OH excluding ortho intramolecular Hbond substituents is 1. The second-order valence-electron chi connectivity index (χ2n) is 3.15. The molecule has 0 saturated heterocycles. The van der Waals surface area contributed by atoms with Crippen LogP contribution in [-0.2, 0) is 4.79 Å². The predicted octanol–water partition coefficient (Wildman–Crippen LogP) is 2.91. The lowest BCUT2D eigenvalue weighted by molar-refractivity contribution is -0.114. The molecule has 0 aromatic carbocycles. The first-order valence-electron chi connectivity index (χ1n) is 4.67. The van der Waals surface area contributed by atoms with E-state index in [0.717, 1.165) is 12.0 Å². The molecule has 0 unspecified atom stereocenters. The third-order valence-corrected chi connectivity index (χ3v) is 1.95. The number of carbonyl (C=O) groups is 1. The number of fused-ring (bicyclic) bond motifs is 1. The Balaban J connectivity index is 0.000000140. The highest BCUT2D eigenvalue weighted by Crippen LogP contribution is 2.42. The molecule has 0 radical (unpaired) electrons. The van der Waals surface area contributed by atoms with E-state index in [-0.39, 0.29) is 5.78 Å². The Morgan fingerprint density at radius 2 is 2.29 bits per heavy atom. The van der Waals surface area contributed by atoms with Gasteiger partial charge in [0.2, 0.25) is 0 Å². The Morgan fingerprint density at radius 1 is 1.57 bits per heavy atom. The molecule has 0 aromatic rings. The maximum atomic E-state index is 10.3. The minimum absolute atomic E-state index is 0.141. The average Bonchev–Trinajstić information content (AvgIpc) is 2.88. The summed E-state index contributed by atoms with van der Waals surface area (Å²) in [6.07, 6.45) is 2.93. The van der Waals surface area contributed by atoms with Gasteiger partial charge in [-0.1, -0.05) is 19.6 Å². The van der Waals surface area contributed by atoms with E-state index in [4.69, 9.17) is 5.11 Å². The van der Waals surface area contributed by atoms with Crippen LogP contribution in [0.4, 0.5) is 0 Å². The number of carbonyl (C=O) groups excluding carboxylic acids is 1. The van der Waals surface area contributed by atoms with Gasteiger partial charge >= 0.3 is 0 Å². The van der Waals surface area contributed by atoms with Crippen molar-refractivity contribution in [2.45, 2.75) is 19.8 Å². The largest absolute Gasteiger partial charge is 0.507 e. The predicted molar refractivity (Wildman–Crippen MR) is 57.2 cm³/mol. The van der Waals surface area contributed by atoms with Crippen LogP contribution in [-0.4, -0.2) is 10.9 Å². The summed E-state index contributed by atoms with van der Waals surface area (Å²) in [4.78, 5) is 10.3. The van der Waals surface area contributed by atoms with Gasteiger partial charge in [0.25, 0.3) is 0 Å². The third-order valence-electron chi connectivity index (χ3n) is 1.95. The van der Waals surface area contributed by atoms with E-state index in [9.17, 15) is 4.79 Å². The summed E-state index contributed by atoms with van der Waals surface area (Å²) in [6, 6.07) is 5.57. The Hall–Kier alpha value is -1.57. The Bertz CT molecular complexity index is 353. The lowest BCUT2D eigenvalue weighted by atomic mass is 10.2. The molecule has 2 rings (SSSR count). The Labute approximate surface area is 83.9 Å². The molecule has 2 heteroatoms. The van der Waals surface area contributed by atoms with Crippen molar-refractivity contribution in [2.75, 3.05) is 0 Å². The summed E-state index contributed by atoms with van der Waals surface area (Å²) in [7, 11) is 0. The number of ketones is 1. The average molecular weight is 190 g/mol. The molecule has 2 aliphatic carbocycles. The van der Waals surface area contributed by atoms with Gasteiger partial charge < -0.3 is 5.11 Å². The van der Waals surface area contributed by atoms with Crippen LogP contribution in [0.3, 0.4) is 0 Å². The number of benzene rings is 1. The summed E-state index contributed by atoms with van der Waals surface area (Å²) in [5.74, 6) is 0.567. The molecule has 0 bridgehead atoms. The van der Waals surface area contributed by atoms with Crippen LogP contribution in [0.5, 0.6) is 5.75 Å². The molecule has 1 N–H and O–H groups in total. The minimum atomic E-state index is 0.141. The Kier molecular flexibility index (Phi) is 3.46. The van der Waals surface area contributed by atoms with Crippen LogP contribution in [0.1, 0.15) is 19.8 Å². The molecule has 0 spiro atoms. The van der Waals surface area contributed by atoms with Crippen molar-refractivity contribution in [3.8, 4) is 16.9 Å². The fourth-order valence-electron chi connectivity index (χ4n) is 1.09. The van der Waals surface area contributed by atoms with Gasteiger partial charge in [-0.15, -0.1) is 0 Å². The van der Waals surface area contributed by atoms with E-state index in [1.54, 1.807) is 6.07 Å². The van der Waals surface area contributed by atoms with E-state index in [0.29, 0.717) is 12.2 Å². The lowest BCUT2D eigenvalue weighted by Crippen LogP contribution is -1.87. The highest BCUT2D eigenvalue weighted by atomic mass is 16.3. The van der Waals surface area contributed by atoms with Crippen LogP contribution < -0.4 is 0 Å². The van der Waals surface area contributed by atoms with Gasteiger partial charge in [0, 0.05) is 12.0 Å². The first-order chi connectivity index (χ1) is 6.69. The molecule has 74 valence electrons. The van der Waals surface area contributed by atoms with Crippen LogP contribution in [0.15, 0.2) is 30.9 Å². The van der Waals surface area contributed by atoms with Gasteiger partial charge in [0.15, 0.2) is 5.78 Å². The summed E-state index contributed by atoms with van der Waals surface area (Å²) >= 11 is 0. The standard InChI is InChI=1S/C6H4O.C6H10O/c7-6-2-1-4-3-5(4)6;1-3-5-6(7)4-2/h1-3,7H;4H,2-3,5H2,1H3. The monoisotopic (exact) mass is 190 g/mol. The summed E-state index contributed by atoms with van der Waals surface area (Å²) in [5.41, 5.74) is 2.22. The zero-order valence-corrected chi connectivity index (χ0v) is 8.29. The van der Waals surface area contributed by atoms with Crippen LogP contribution >= 0.6 is 0 Å². The smallest absolute Gasteiger partial charge is 0.155 e. The molecule has 0 atom stereocenters. The van der Waals surface area contributed by atoms with Gasteiger partial charge in [0.05, 0.1) is 0 Å². The second-order valence-corrected chi connectivity index (χ2v) is 3.15. The molecular formula is C12H14O2. The van der Waals surface area contributed by atoms with Crippen molar-refractivity contribution in [3.63, 3.8) is 0 Å². The summed E-state index contributed by atoms with van der Waals surface area (Å²) in [5, 5.41) is 8.78. The molecule has 2 nitrogen and oxygen atoms in total. The highest BCUT2D eigenvalue weighted by molar-refractivity contribution is 5.88. The maximum absolute atomic E-state index is 10.3. The van der Waals surface area contributed by atoms with Gasteiger partial charge in [-0.2, -0.15) is 0 Å². The summed E-state index contributed by atoms with van der Waals surface area (Å²) < 4.78 is 0. The molecule has 0 aliphatic heterocycles. The van der Waals surface area contributed by atoms with E-state index in [1.165, 1.54) is 11.6 Å². The first-order valence-corrected chi connectivity index (χ1v) is 4.67. The van der Waals surface area contributed by atoms with Crippen LogP contribution in [0.2, 0.25) is 0 Å². The SMILES string of the molecule is C=CC(=O)CCC.Oc1ccc2cc1-2. The molecular weight excluding hydrogens is 176 g/mol. The minimum Gasteiger partial charge on any atom is -0.507 e. The van der Waals surface area contributed by atoms with Gasteiger partial charge in [-0.3, -0.25) is 4.79 Å².